The second kappa shape index (κ2) is 6.10. The van der Waals surface area contributed by atoms with E-state index in [0.29, 0.717) is 18.7 Å². The zero-order chi connectivity index (χ0) is 14.5. The highest BCUT2D eigenvalue weighted by atomic mass is 16.3. The van der Waals surface area contributed by atoms with Gasteiger partial charge in [0.15, 0.2) is 0 Å². The fraction of sp³-hybridized carbons (Fsp3) is 0.188. The molecule has 0 aliphatic rings. The summed E-state index contributed by atoms with van der Waals surface area (Å²) in [5.74, 6) is 0.232. The Hall–Kier alpha value is -2.49. The molecule has 4 heteroatoms. The lowest BCUT2D eigenvalue weighted by molar-refractivity contribution is -0.129. The van der Waals surface area contributed by atoms with Crippen molar-refractivity contribution >= 4 is 11.6 Å². The van der Waals surface area contributed by atoms with E-state index in [4.69, 9.17) is 5.73 Å². The first-order chi connectivity index (χ1) is 9.56. The molecule has 104 valence electrons. The summed E-state index contributed by atoms with van der Waals surface area (Å²) in [7, 11) is 1.76. The number of likely N-dealkylation sites (N-methyl/N-ethyl adjacent to an activating group) is 1. The zero-order valence-corrected chi connectivity index (χ0v) is 11.4. The van der Waals surface area contributed by atoms with Crippen molar-refractivity contribution in [3.05, 3.63) is 59.7 Å². The lowest BCUT2D eigenvalue weighted by Gasteiger charge is -2.18. The molecule has 20 heavy (non-hydrogen) atoms. The second-order valence-electron chi connectivity index (χ2n) is 4.79. The summed E-state index contributed by atoms with van der Waals surface area (Å²) >= 11 is 0. The van der Waals surface area contributed by atoms with Crippen LogP contribution in [-0.2, 0) is 17.8 Å². The van der Waals surface area contributed by atoms with Crippen LogP contribution in [0.25, 0.3) is 0 Å². The highest BCUT2D eigenvalue weighted by Gasteiger charge is 2.11. The summed E-state index contributed by atoms with van der Waals surface area (Å²) in [4.78, 5) is 13.8. The Kier molecular flexibility index (Phi) is 4.25. The van der Waals surface area contributed by atoms with Crippen molar-refractivity contribution in [1.29, 1.82) is 0 Å². The molecular weight excluding hydrogens is 252 g/mol. The number of rotatable bonds is 4. The van der Waals surface area contributed by atoms with Gasteiger partial charge in [-0.1, -0.05) is 30.3 Å². The molecule has 3 N–H and O–H groups in total. The molecule has 0 radical (unpaired) electrons. The van der Waals surface area contributed by atoms with E-state index in [1.165, 1.54) is 0 Å². The highest BCUT2D eigenvalue weighted by molar-refractivity contribution is 5.80. The number of carbonyl (C=O) groups is 1. The molecule has 0 aromatic heterocycles. The molecule has 0 heterocycles. The number of para-hydroxylation sites is 1. The van der Waals surface area contributed by atoms with Gasteiger partial charge in [-0.25, -0.2) is 0 Å². The van der Waals surface area contributed by atoms with Gasteiger partial charge in [-0.15, -0.1) is 0 Å². The van der Waals surface area contributed by atoms with E-state index in [0.717, 1.165) is 11.1 Å². The molecular formula is C16H18N2O2. The summed E-state index contributed by atoms with van der Waals surface area (Å²) in [5, 5.41) is 9.23. The molecule has 0 spiro atoms. The Morgan fingerprint density at radius 2 is 1.80 bits per heavy atom. The first-order valence-electron chi connectivity index (χ1n) is 6.41. The summed E-state index contributed by atoms with van der Waals surface area (Å²) in [6, 6.07) is 14.2. The summed E-state index contributed by atoms with van der Waals surface area (Å²) in [6.45, 7) is 0.506. The largest absolute Gasteiger partial charge is 0.508 e. The number of hydrogen-bond donors (Lipinski definition) is 2. The molecule has 4 nitrogen and oxygen atoms in total. The average Bonchev–Trinajstić information content (AvgIpc) is 2.44. The maximum absolute atomic E-state index is 12.2. The highest BCUT2D eigenvalue weighted by Crippen LogP contribution is 2.14. The van der Waals surface area contributed by atoms with Crippen LogP contribution in [0, 0.1) is 0 Å². The fourth-order valence-corrected chi connectivity index (χ4v) is 1.96. The van der Waals surface area contributed by atoms with Crippen LogP contribution in [0.5, 0.6) is 5.75 Å². The van der Waals surface area contributed by atoms with Gasteiger partial charge in [0.2, 0.25) is 5.91 Å². The predicted octanol–water partition coefficient (Wildman–Crippen LogP) is 2.18. The Balaban J connectivity index is 1.99. The van der Waals surface area contributed by atoms with Crippen LogP contribution in [0.3, 0.4) is 0 Å². The smallest absolute Gasteiger partial charge is 0.227 e. The van der Waals surface area contributed by atoms with Gasteiger partial charge < -0.3 is 15.7 Å². The number of benzene rings is 2. The van der Waals surface area contributed by atoms with Crippen molar-refractivity contribution < 1.29 is 9.90 Å². The molecule has 2 aromatic rings. The van der Waals surface area contributed by atoms with Crippen LogP contribution in [0.4, 0.5) is 5.69 Å². The van der Waals surface area contributed by atoms with E-state index in [1.807, 2.05) is 18.2 Å². The maximum Gasteiger partial charge on any atom is 0.227 e. The third kappa shape index (κ3) is 3.51. The van der Waals surface area contributed by atoms with Crippen LogP contribution < -0.4 is 5.73 Å². The lowest BCUT2D eigenvalue weighted by atomic mass is 10.1. The molecule has 0 fully saturated rings. The van der Waals surface area contributed by atoms with Crippen molar-refractivity contribution in [3.63, 3.8) is 0 Å². The average molecular weight is 270 g/mol. The summed E-state index contributed by atoms with van der Waals surface area (Å²) in [5.41, 5.74) is 8.29. The Morgan fingerprint density at radius 3 is 2.45 bits per heavy atom. The number of amides is 1. The number of nitrogen functional groups attached to an aromatic ring is 1. The quantitative estimate of drug-likeness (QED) is 0.837. The van der Waals surface area contributed by atoms with Crippen LogP contribution in [0.15, 0.2) is 48.5 Å². The van der Waals surface area contributed by atoms with Crippen LogP contribution >= 0.6 is 0 Å². The monoisotopic (exact) mass is 270 g/mol. The lowest BCUT2D eigenvalue weighted by Crippen LogP contribution is -2.27. The van der Waals surface area contributed by atoms with E-state index < -0.39 is 0 Å². The minimum absolute atomic E-state index is 0.0102. The van der Waals surface area contributed by atoms with E-state index in [-0.39, 0.29) is 11.7 Å². The fourth-order valence-electron chi connectivity index (χ4n) is 1.96. The molecule has 0 atom stereocenters. The van der Waals surface area contributed by atoms with E-state index in [1.54, 1.807) is 42.3 Å². The standard InChI is InChI=1S/C16H18N2O2/c1-18(11-12-6-8-14(19)9-7-12)16(20)10-13-4-2-3-5-15(13)17/h2-9,19H,10-11,17H2,1H3. The second-order valence-corrected chi connectivity index (χ2v) is 4.79. The van der Waals surface area contributed by atoms with Crippen LogP contribution in [0.2, 0.25) is 0 Å². The predicted molar refractivity (Wildman–Crippen MR) is 79.1 cm³/mol. The Bertz CT molecular complexity index is 594. The third-order valence-corrected chi connectivity index (χ3v) is 3.18. The minimum atomic E-state index is 0.0102. The van der Waals surface area contributed by atoms with Crippen LogP contribution in [0.1, 0.15) is 11.1 Å². The van der Waals surface area contributed by atoms with Crippen molar-refractivity contribution in [3.8, 4) is 5.75 Å². The molecule has 0 aliphatic heterocycles. The molecule has 1 amide bonds. The molecule has 2 rings (SSSR count). The van der Waals surface area contributed by atoms with Gasteiger partial charge in [0, 0.05) is 19.3 Å². The SMILES string of the molecule is CN(Cc1ccc(O)cc1)C(=O)Cc1ccccc1N. The number of phenols is 1. The first kappa shape index (κ1) is 13.9. The number of nitrogens with two attached hydrogens (primary N) is 1. The number of nitrogens with zero attached hydrogens (tertiary/aromatic N) is 1. The Morgan fingerprint density at radius 1 is 1.15 bits per heavy atom. The van der Waals surface area contributed by atoms with Gasteiger partial charge >= 0.3 is 0 Å². The molecule has 0 bridgehead atoms. The number of hydrogen-bond acceptors (Lipinski definition) is 3. The van der Waals surface area contributed by atoms with E-state index >= 15 is 0 Å². The molecule has 0 unspecified atom stereocenters. The van der Waals surface area contributed by atoms with Crippen molar-refractivity contribution in [1.82, 2.24) is 4.90 Å². The number of phenolic OH excluding ortho intramolecular Hbond substituents is 1. The van der Waals surface area contributed by atoms with Gasteiger partial charge in [0.25, 0.3) is 0 Å². The molecule has 0 saturated heterocycles. The third-order valence-electron chi connectivity index (χ3n) is 3.18. The topological polar surface area (TPSA) is 66.6 Å². The summed E-state index contributed by atoms with van der Waals surface area (Å²) < 4.78 is 0. The normalized spacial score (nSPS) is 10.2. The molecule has 2 aromatic carbocycles. The van der Waals surface area contributed by atoms with Gasteiger partial charge in [-0.3, -0.25) is 4.79 Å². The zero-order valence-electron chi connectivity index (χ0n) is 11.4. The number of aromatic hydroxyl groups is 1. The number of anilines is 1. The first-order valence-corrected chi connectivity index (χ1v) is 6.41. The molecule has 0 saturated carbocycles. The number of carbonyl (C=O) groups excluding carboxylic acids is 1. The minimum Gasteiger partial charge on any atom is -0.508 e. The van der Waals surface area contributed by atoms with Crippen molar-refractivity contribution in [2.45, 2.75) is 13.0 Å². The van der Waals surface area contributed by atoms with Crippen molar-refractivity contribution in [2.24, 2.45) is 0 Å². The maximum atomic E-state index is 12.2. The summed E-state index contributed by atoms with van der Waals surface area (Å²) in [6.07, 6.45) is 0.293. The van der Waals surface area contributed by atoms with Crippen LogP contribution in [-0.4, -0.2) is 23.0 Å². The van der Waals surface area contributed by atoms with Gasteiger partial charge in [-0.05, 0) is 29.3 Å². The van der Waals surface area contributed by atoms with Crippen molar-refractivity contribution in [2.75, 3.05) is 12.8 Å². The van der Waals surface area contributed by atoms with Gasteiger partial charge in [0.05, 0.1) is 6.42 Å². The van der Waals surface area contributed by atoms with E-state index in [9.17, 15) is 9.90 Å². The molecule has 0 aliphatic carbocycles. The van der Waals surface area contributed by atoms with E-state index in [2.05, 4.69) is 0 Å². The van der Waals surface area contributed by atoms with Gasteiger partial charge in [0.1, 0.15) is 5.75 Å². The Labute approximate surface area is 118 Å². The van der Waals surface area contributed by atoms with Gasteiger partial charge in [-0.2, -0.15) is 0 Å².